The van der Waals surface area contributed by atoms with E-state index in [2.05, 4.69) is 20.6 Å². The van der Waals surface area contributed by atoms with Gasteiger partial charge in [0, 0.05) is 24.4 Å². The second-order valence-corrected chi connectivity index (χ2v) is 7.15. The van der Waals surface area contributed by atoms with Gasteiger partial charge in [-0.25, -0.2) is 14.4 Å². The molecule has 1 aliphatic rings. The molecule has 1 aliphatic heterocycles. The van der Waals surface area contributed by atoms with E-state index >= 15 is 0 Å². The molecule has 0 amide bonds. The van der Waals surface area contributed by atoms with Crippen LogP contribution >= 0.6 is 11.6 Å². The van der Waals surface area contributed by atoms with Gasteiger partial charge in [-0.1, -0.05) is 17.7 Å². The molecule has 156 valence electrons. The van der Waals surface area contributed by atoms with Gasteiger partial charge in [-0.2, -0.15) is 0 Å². The largest absolute Gasteiger partial charge is 0.493 e. The summed E-state index contributed by atoms with van der Waals surface area (Å²) >= 11 is 5.86. The molecule has 3 aromatic rings. The molecule has 2 heterocycles. The zero-order valence-electron chi connectivity index (χ0n) is 15.9. The van der Waals surface area contributed by atoms with Crippen molar-refractivity contribution in [1.29, 1.82) is 0 Å². The van der Waals surface area contributed by atoms with Crippen molar-refractivity contribution in [2.45, 2.75) is 18.6 Å². The van der Waals surface area contributed by atoms with Gasteiger partial charge in [0.15, 0.2) is 17.3 Å². The Balaban J connectivity index is 1.69. The van der Waals surface area contributed by atoms with E-state index in [0.717, 1.165) is 0 Å². The van der Waals surface area contributed by atoms with E-state index in [4.69, 9.17) is 26.2 Å². The molecule has 2 aromatic carbocycles. The minimum Gasteiger partial charge on any atom is -0.493 e. The van der Waals surface area contributed by atoms with Crippen LogP contribution in [-0.4, -0.2) is 46.8 Å². The number of nitrogens with zero attached hydrogens (tertiary/aromatic N) is 2. The molecule has 10 heteroatoms. The summed E-state index contributed by atoms with van der Waals surface area (Å²) in [5.41, 5.74) is 0.733. The van der Waals surface area contributed by atoms with E-state index in [0.29, 0.717) is 41.2 Å². The second kappa shape index (κ2) is 8.29. The topological polar surface area (TPSA) is 106 Å². The molecule has 1 fully saturated rings. The Bertz CT molecular complexity index is 1110. The van der Waals surface area contributed by atoms with Crippen LogP contribution in [0.2, 0.25) is 5.02 Å². The number of aromatic nitrogens is 2. The van der Waals surface area contributed by atoms with E-state index < -0.39 is 17.8 Å². The third kappa shape index (κ3) is 3.94. The van der Waals surface area contributed by atoms with Crippen LogP contribution < -0.4 is 20.1 Å². The van der Waals surface area contributed by atoms with Crippen LogP contribution in [0.4, 0.5) is 15.9 Å². The van der Waals surface area contributed by atoms with Gasteiger partial charge in [-0.05, 0) is 18.2 Å². The third-order valence-electron chi connectivity index (χ3n) is 4.81. The highest BCUT2D eigenvalue weighted by Crippen LogP contribution is 2.36. The van der Waals surface area contributed by atoms with Crippen molar-refractivity contribution in [2.75, 3.05) is 19.0 Å². The SMILES string of the molecule is COc1cc2ncnc(Nc3cccc(Cl)c3F)c2cc1O[C@@H]1CN[C@@H](C(=O)O)C1. The average molecular weight is 433 g/mol. The molecule has 0 saturated carbocycles. The van der Waals surface area contributed by atoms with Gasteiger partial charge in [-0.3, -0.25) is 4.79 Å². The maximum absolute atomic E-state index is 14.3. The number of hydrogen-bond acceptors (Lipinski definition) is 7. The first-order valence-electron chi connectivity index (χ1n) is 9.13. The number of ether oxygens (including phenoxy) is 2. The summed E-state index contributed by atoms with van der Waals surface area (Å²) in [6, 6.07) is 7.34. The van der Waals surface area contributed by atoms with Gasteiger partial charge in [0.2, 0.25) is 0 Å². The number of hydrogen-bond donors (Lipinski definition) is 3. The lowest BCUT2D eigenvalue weighted by atomic mass is 10.1. The summed E-state index contributed by atoms with van der Waals surface area (Å²) in [6.07, 6.45) is 1.33. The smallest absolute Gasteiger partial charge is 0.320 e. The predicted octanol–water partition coefficient (Wildman–Crippen LogP) is 3.37. The lowest BCUT2D eigenvalue weighted by Crippen LogP contribution is -2.30. The molecular weight excluding hydrogens is 415 g/mol. The fourth-order valence-electron chi connectivity index (χ4n) is 3.30. The summed E-state index contributed by atoms with van der Waals surface area (Å²) in [4.78, 5) is 19.6. The first kappa shape index (κ1) is 20.1. The molecule has 0 unspecified atom stereocenters. The first-order chi connectivity index (χ1) is 14.5. The number of benzene rings is 2. The van der Waals surface area contributed by atoms with E-state index in [1.807, 2.05) is 0 Å². The van der Waals surface area contributed by atoms with Gasteiger partial charge >= 0.3 is 5.97 Å². The molecule has 3 N–H and O–H groups in total. The van der Waals surface area contributed by atoms with Gasteiger partial charge in [0.05, 0.1) is 23.3 Å². The summed E-state index contributed by atoms with van der Waals surface area (Å²) in [5.74, 6) is -0.295. The number of methoxy groups -OCH3 is 1. The summed E-state index contributed by atoms with van der Waals surface area (Å²) in [7, 11) is 1.50. The van der Waals surface area contributed by atoms with Crippen LogP contribution in [0.25, 0.3) is 10.9 Å². The lowest BCUT2D eigenvalue weighted by molar-refractivity contribution is -0.139. The number of carbonyl (C=O) groups is 1. The van der Waals surface area contributed by atoms with Crippen LogP contribution in [0.15, 0.2) is 36.7 Å². The van der Waals surface area contributed by atoms with Crippen LogP contribution in [0.3, 0.4) is 0 Å². The quantitative estimate of drug-likeness (QED) is 0.544. The number of carboxylic acid groups (broad SMARTS) is 1. The molecule has 2 atom stereocenters. The van der Waals surface area contributed by atoms with Gasteiger partial charge < -0.3 is 25.2 Å². The Kier molecular flexibility index (Phi) is 5.56. The highest BCUT2D eigenvalue weighted by atomic mass is 35.5. The van der Waals surface area contributed by atoms with Crippen molar-refractivity contribution < 1.29 is 23.8 Å². The summed E-state index contributed by atoms with van der Waals surface area (Å²) in [6.45, 7) is 0.391. The highest BCUT2D eigenvalue weighted by molar-refractivity contribution is 6.31. The van der Waals surface area contributed by atoms with Crippen LogP contribution in [0.1, 0.15) is 6.42 Å². The molecular formula is C20H18ClFN4O4. The number of carboxylic acids is 1. The zero-order valence-corrected chi connectivity index (χ0v) is 16.6. The summed E-state index contributed by atoms with van der Waals surface area (Å²) in [5, 5.41) is 15.6. The number of aliphatic carboxylic acids is 1. The molecule has 0 radical (unpaired) electrons. The van der Waals surface area contributed by atoms with Gasteiger partial charge in [-0.15, -0.1) is 0 Å². The Labute approximate surface area is 176 Å². The number of fused-ring (bicyclic) bond motifs is 1. The number of rotatable bonds is 6. The van der Waals surface area contributed by atoms with E-state index in [9.17, 15) is 9.18 Å². The third-order valence-corrected chi connectivity index (χ3v) is 5.10. The maximum Gasteiger partial charge on any atom is 0.320 e. The maximum atomic E-state index is 14.3. The monoisotopic (exact) mass is 432 g/mol. The van der Waals surface area contributed by atoms with Crippen LogP contribution in [-0.2, 0) is 4.79 Å². The molecule has 0 spiro atoms. The van der Waals surface area contributed by atoms with Gasteiger partial charge in [0.25, 0.3) is 0 Å². The Morgan fingerprint density at radius 3 is 2.90 bits per heavy atom. The van der Waals surface area contributed by atoms with Gasteiger partial charge in [0.1, 0.15) is 24.3 Å². The highest BCUT2D eigenvalue weighted by Gasteiger charge is 2.31. The van der Waals surface area contributed by atoms with Crippen LogP contribution in [0, 0.1) is 5.82 Å². The fourth-order valence-corrected chi connectivity index (χ4v) is 3.48. The Morgan fingerprint density at radius 1 is 1.33 bits per heavy atom. The van der Waals surface area contributed by atoms with Crippen molar-refractivity contribution in [1.82, 2.24) is 15.3 Å². The first-order valence-corrected chi connectivity index (χ1v) is 9.50. The zero-order chi connectivity index (χ0) is 21.3. The van der Waals surface area contributed by atoms with Crippen molar-refractivity contribution in [3.8, 4) is 11.5 Å². The predicted molar refractivity (Wildman–Crippen MR) is 109 cm³/mol. The van der Waals surface area contributed by atoms with Crippen molar-refractivity contribution in [3.63, 3.8) is 0 Å². The molecule has 8 nitrogen and oxygen atoms in total. The van der Waals surface area contributed by atoms with E-state index in [1.165, 1.54) is 19.5 Å². The lowest BCUT2D eigenvalue weighted by Gasteiger charge is -2.17. The standard InChI is InChI=1S/C20H18ClFN4O4/c1-29-16-7-14-11(6-17(16)30-10-5-15(20(27)28)23-8-10)19(25-9-24-14)26-13-4-2-3-12(21)18(13)22/h2-4,6-7,9-10,15,23H,5,8H2,1H3,(H,27,28)(H,24,25,26)/t10-,15+/m0/s1. The van der Waals surface area contributed by atoms with Crippen molar-refractivity contribution in [2.24, 2.45) is 0 Å². The van der Waals surface area contributed by atoms with Crippen molar-refractivity contribution in [3.05, 3.63) is 47.5 Å². The number of halogens is 2. The van der Waals surface area contributed by atoms with Crippen molar-refractivity contribution >= 4 is 40.0 Å². The molecule has 0 bridgehead atoms. The number of nitrogens with one attached hydrogen (secondary N) is 2. The molecule has 1 aromatic heterocycles. The minimum atomic E-state index is -0.921. The molecule has 1 saturated heterocycles. The summed E-state index contributed by atoms with van der Waals surface area (Å²) < 4.78 is 25.7. The molecule has 30 heavy (non-hydrogen) atoms. The van der Waals surface area contributed by atoms with E-state index in [1.54, 1.807) is 24.3 Å². The fraction of sp³-hybridized carbons (Fsp3) is 0.250. The molecule has 4 rings (SSSR count). The average Bonchev–Trinajstić information content (AvgIpc) is 3.20. The van der Waals surface area contributed by atoms with E-state index in [-0.39, 0.29) is 16.8 Å². The molecule has 0 aliphatic carbocycles. The second-order valence-electron chi connectivity index (χ2n) is 6.74. The minimum absolute atomic E-state index is 0.00855. The Morgan fingerprint density at radius 2 is 2.17 bits per heavy atom. The normalized spacial score (nSPS) is 18.4. The Hall–Kier alpha value is -3.17. The van der Waals surface area contributed by atoms with Crippen LogP contribution in [0.5, 0.6) is 11.5 Å². The number of anilines is 2.